The first-order valence-corrected chi connectivity index (χ1v) is 9.45. The molecule has 6 heteroatoms. The van der Waals surface area contributed by atoms with Gasteiger partial charge >= 0.3 is 0 Å². The molecule has 6 nitrogen and oxygen atoms in total. The van der Waals surface area contributed by atoms with E-state index in [0.717, 1.165) is 23.8 Å². The fourth-order valence-electron chi connectivity index (χ4n) is 3.42. The summed E-state index contributed by atoms with van der Waals surface area (Å²) in [5.41, 5.74) is 2.75. The second kappa shape index (κ2) is 7.38. The number of unbranched alkanes of at least 4 members (excludes halogenated alkanes) is 1. The summed E-state index contributed by atoms with van der Waals surface area (Å²) in [5, 5.41) is 3.79. The number of carbonyl (C=O) groups excluding carboxylic acids is 2. The maximum Gasteiger partial charge on any atom is 0.291 e. The third-order valence-corrected chi connectivity index (χ3v) is 4.94. The van der Waals surface area contributed by atoms with Gasteiger partial charge in [-0.25, -0.2) is 0 Å². The van der Waals surface area contributed by atoms with E-state index in [0.29, 0.717) is 29.3 Å². The summed E-state index contributed by atoms with van der Waals surface area (Å²) in [6.07, 6.45) is 1.89. The second-order valence-corrected chi connectivity index (χ2v) is 6.88. The van der Waals surface area contributed by atoms with E-state index in [4.69, 9.17) is 9.15 Å². The van der Waals surface area contributed by atoms with Crippen molar-refractivity contribution in [1.82, 2.24) is 0 Å². The summed E-state index contributed by atoms with van der Waals surface area (Å²) in [4.78, 5) is 26.8. The normalized spacial score (nSPS) is 13.4. The van der Waals surface area contributed by atoms with Crippen LogP contribution in [-0.2, 0) is 4.79 Å². The Hall–Kier alpha value is -3.28. The van der Waals surface area contributed by atoms with Crippen LogP contribution in [0.25, 0.3) is 11.0 Å². The predicted octanol–water partition coefficient (Wildman–Crippen LogP) is 4.52. The summed E-state index contributed by atoms with van der Waals surface area (Å²) < 4.78 is 11.3. The molecule has 2 heterocycles. The topological polar surface area (TPSA) is 71.8 Å². The zero-order valence-electron chi connectivity index (χ0n) is 16.0. The Bertz CT molecular complexity index is 1050. The summed E-state index contributed by atoms with van der Waals surface area (Å²) in [6, 6.07) is 12.9. The molecule has 0 atom stereocenters. The van der Waals surface area contributed by atoms with Crippen molar-refractivity contribution in [3.63, 3.8) is 0 Å². The highest BCUT2D eigenvalue weighted by Gasteiger charge is 2.26. The Morgan fingerprint density at radius 1 is 1.21 bits per heavy atom. The summed E-state index contributed by atoms with van der Waals surface area (Å²) in [6.45, 7) is 4.62. The molecule has 0 saturated carbocycles. The highest BCUT2D eigenvalue weighted by molar-refractivity contribution is 6.07. The molecule has 1 N–H and O–H groups in total. The van der Waals surface area contributed by atoms with Crippen LogP contribution in [0.3, 0.4) is 0 Å². The van der Waals surface area contributed by atoms with Crippen LogP contribution in [0.2, 0.25) is 0 Å². The van der Waals surface area contributed by atoms with Gasteiger partial charge in [0.15, 0.2) is 12.4 Å². The minimum atomic E-state index is -0.322. The number of rotatable bonds is 5. The van der Waals surface area contributed by atoms with Crippen molar-refractivity contribution in [3.05, 3.63) is 53.8 Å². The molecule has 1 aromatic heterocycles. The van der Waals surface area contributed by atoms with Crippen molar-refractivity contribution in [3.8, 4) is 5.75 Å². The second-order valence-electron chi connectivity index (χ2n) is 6.88. The predicted molar refractivity (Wildman–Crippen MR) is 108 cm³/mol. The number of fused-ring (bicyclic) bond motifs is 2. The number of amides is 2. The van der Waals surface area contributed by atoms with Gasteiger partial charge in [-0.05, 0) is 37.6 Å². The Labute approximate surface area is 163 Å². The lowest BCUT2D eigenvalue weighted by molar-refractivity contribution is -0.121. The highest BCUT2D eigenvalue weighted by Crippen LogP contribution is 2.35. The van der Waals surface area contributed by atoms with Gasteiger partial charge in [-0.2, -0.15) is 0 Å². The molecule has 0 bridgehead atoms. The third-order valence-electron chi connectivity index (χ3n) is 4.94. The molecule has 4 rings (SSSR count). The molecule has 3 aromatic rings. The number of para-hydroxylation sites is 1. The lowest BCUT2D eigenvalue weighted by atomic mass is 10.1. The third kappa shape index (κ3) is 3.22. The number of hydrogen-bond donors (Lipinski definition) is 1. The Balaban J connectivity index is 1.61. The average Bonchev–Trinajstić information content (AvgIpc) is 3.04. The molecule has 0 aliphatic carbocycles. The van der Waals surface area contributed by atoms with Gasteiger partial charge in [-0.15, -0.1) is 0 Å². The lowest BCUT2D eigenvalue weighted by Gasteiger charge is -2.29. The van der Waals surface area contributed by atoms with Gasteiger partial charge in [-0.3, -0.25) is 9.59 Å². The van der Waals surface area contributed by atoms with E-state index in [1.165, 1.54) is 0 Å². The van der Waals surface area contributed by atoms with Crippen LogP contribution >= 0.6 is 0 Å². The summed E-state index contributed by atoms with van der Waals surface area (Å²) in [5.74, 6) is 0.539. The minimum Gasteiger partial charge on any atom is -0.482 e. The van der Waals surface area contributed by atoms with Crippen LogP contribution < -0.4 is 15.0 Å². The molecule has 144 valence electrons. The standard InChI is InChI=1S/C22H22N2O4/c1-3-4-11-24-17-12-15(9-10-19(17)27-13-20(24)25)23-22(26)21-14(2)16-7-5-6-8-18(16)28-21/h5-10,12H,3-4,11,13H2,1-2H3,(H,23,26). The summed E-state index contributed by atoms with van der Waals surface area (Å²) in [7, 11) is 0. The monoisotopic (exact) mass is 378 g/mol. The summed E-state index contributed by atoms with van der Waals surface area (Å²) >= 11 is 0. The minimum absolute atomic E-state index is 0.0423. The molecule has 2 aromatic carbocycles. The van der Waals surface area contributed by atoms with Gasteiger partial charge in [0, 0.05) is 23.2 Å². The molecular formula is C22H22N2O4. The molecule has 0 unspecified atom stereocenters. The first kappa shape index (κ1) is 18.1. The lowest BCUT2D eigenvalue weighted by Crippen LogP contribution is -2.39. The number of furan rings is 1. The van der Waals surface area contributed by atoms with Crippen LogP contribution in [0.15, 0.2) is 46.9 Å². The van der Waals surface area contributed by atoms with E-state index in [-0.39, 0.29) is 24.2 Å². The van der Waals surface area contributed by atoms with Gasteiger partial charge in [0.25, 0.3) is 11.8 Å². The van der Waals surface area contributed by atoms with E-state index >= 15 is 0 Å². The molecule has 0 saturated heterocycles. The Morgan fingerprint density at radius 2 is 2.04 bits per heavy atom. The van der Waals surface area contributed by atoms with Gasteiger partial charge in [0.1, 0.15) is 11.3 Å². The molecule has 1 aliphatic heterocycles. The SMILES string of the molecule is CCCCN1C(=O)COc2ccc(NC(=O)c3oc4ccccc4c3C)cc21. The van der Waals surface area contributed by atoms with Crippen LogP contribution in [0.4, 0.5) is 11.4 Å². The molecule has 2 amide bonds. The van der Waals surface area contributed by atoms with Crippen molar-refractivity contribution >= 4 is 34.2 Å². The van der Waals surface area contributed by atoms with Crippen LogP contribution in [-0.4, -0.2) is 25.0 Å². The smallest absolute Gasteiger partial charge is 0.291 e. The zero-order chi connectivity index (χ0) is 19.7. The fourth-order valence-corrected chi connectivity index (χ4v) is 3.42. The number of benzene rings is 2. The molecule has 1 aliphatic rings. The Kier molecular flexibility index (Phi) is 4.77. The molecule has 0 fully saturated rings. The number of carbonyl (C=O) groups is 2. The molecule has 0 radical (unpaired) electrons. The van der Waals surface area contributed by atoms with E-state index in [9.17, 15) is 9.59 Å². The molecule has 0 spiro atoms. The van der Waals surface area contributed by atoms with Gasteiger partial charge in [0.05, 0.1) is 5.69 Å². The van der Waals surface area contributed by atoms with Gasteiger partial charge in [0.2, 0.25) is 0 Å². The quantitative estimate of drug-likeness (QED) is 0.709. The van der Waals surface area contributed by atoms with Crippen LogP contribution in [0.5, 0.6) is 5.75 Å². The number of nitrogens with one attached hydrogen (secondary N) is 1. The van der Waals surface area contributed by atoms with Gasteiger partial charge < -0.3 is 19.4 Å². The first-order valence-electron chi connectivity index (χ1n) is 9.45. The van der Waals surface area contributed by atoms with Crippen molar-refractivity contribution in [1.29, 1.82) is 0 Å². The number of anilines is 2. The van der Waals surface area contributed by atoms with Crippen molar-refractivity contribution < 1.29 is 18.7 Å². The van der Waals surface area contributed by atoms with E-state index in [2.05, 4.69) is 12.2 Å². The Morgan fingerprint density at radius 3 is 2.82 bits per heavy atom. The van der Waals surface area contributed by atoms with Crippen LogP contribution in [0, 0.1) is 6.92 Å². The number of aryl methyl sites for hydroxylation is 1. The number of hydrogen-bond acceptors (Lipinski definition) is 4. The maximum absolute atomic E-state index is 12.8. The van der Waals surface area contributed by atoms with Crippen molar-refractivity contribution in [2.24, 2.45) is 0 Å². The van der Waals surface area contributed by atoms with Crippen molar-refractivity contribution in [2.75, 3.05) is 23.4 Å². The van der Waals surface area contributed by atoms with Crippen LogP contribution in [0.1, 0.15) is 35.9 Å². The number of nitrogens with zero attached hydrogens (tertiary/aromatic N) is 1. The van der Waals surface area contributed by atoms with Gasteiger partial charge in [-0.1, -0.05) is 31.5 Å². The van der Waals surface area contributed by atoms with E-state index in [1.54, 1.807) is 23.1 Å². The number of ether oxygens (including phenoxy) is 1. The molecular weight excluding hydrogens is 356 g/mol. The fraction of sp³-hybridized carbons (Fsp3) is 0.273. The maximum atomic E-state index is 12.8. The average molecular weight is 378 g/mol. The largest absolute Gasteiger partial charge is 0.482 e. The highest BCUT2D eigenvalue weighted by atomic mass is 16.5. The first-order chi connectivity index (χ1) is 13.6. The molecule has 28 heavy (non-hydrogen) atoms. The zero-order valence-corrected chi connectivity index (χ0v) is 16.0. The van der Waals surface area contributed by atoms with E-state index < -0.39 is 0 Å². The van der Waals surface area contributed by atoms with Crippen molar-refractivity contribution in [2.45, 2.75) is 26.7 Å². The van der Waals surface area contributed by atoms with E-state index in [1.807, 2.05) is 31.2 Å².